The van der Waals surface area contributed by atoms with Crippen molar-refractivity contribution < 1.29 is 27.4 Å². The van der Waals surface area contributed by atoms with Crippen LogP contribution >= 0.6 is 24.2 Å². The molecule has 1 aromatic carbocycles. The Bertz CT molecular complexity index is 1070. The molecule has 0 radical (unpaired) electrons. The van der Waals surface area contributed by atoms with Gasteiger partial charge in [0, 0.05) is 48.2 Å². The van der Waals surface area contributed by atoms with Gasteiger partial charge in [-0.15, -0.1) is 37.3 Å². The van der Waals surface area contributed by atoms with Crippen LogP contribution in [0.25, 0.3) is 0 Å². The molecule has 0 aliphatic carbocycles. The summed E-state index contributed by atoms with van der Waals surface area (Å²) in [4.78, 5) is 26.7. The topological polar surface area (TPSA) is 95.6 Å². The number of rotatable bonds is 6. The van der Waals surface area contributed by atoms with Gasteiger partial charge in [0.15, 0.2) is 0 Å². The molecule has 1 aromatic heterocycles. The number of nitrogens with one attached hydrogen (secondary N) is 1. The number of amides is 1. The second-order valence-corrected chi connectivity index (χ2v) is 9.12. The van der Waals surface area contributed by atoms with Crippen LogP contribution in [0.4, 0.5) is 13.2 Å². The fourth-order valence-electron chi connectivity index (χ4n) is 3.96. The number of carbonyl (C=O) groups excluding carboxylic acids is 1. The van der Waals surface area contributed by atoms with Crippen LogP contribution in [0.5, 0.6) is 5.75 Å². The van der Waals surface area contributed by atoms with Crippen LogP contribution in [0.1, 0.15) is 40.4 Å². The minimum atomic E-state index is -4.78. The van der Waals surface area contributed by atoms with Crippen molar-refractivity contribution in [1.29, 1.82) is 0 Å². The first-order valence-electron chi connectivity index (χ1n) is 10.6. The van der Waals surface area contributed by atoms with Gasteiger partial charge in [-0.3, -0.25) is 9.59 Å². The standard InChI is InChI=1S/C22H24F3N3O4S.ClH/c23-22(24,25)32-15-3-1-14(2-4-15)10-28-11-16(19-18(21(28)30)17(26)12-33-19)20(29)27-9-13-5-7-31-8-6-13;/h1-4,11,13,17H,5-10,12,26H2,(H,27,29);1H/t17-;/m0./s1. The first kappa shape index (κ1) is 26.4. The number of hydrogen-bond donors (Lipinski definition) is 2. The summed E-state index contributed by atoms with van der Waals surface area (Å²) < 4.78 is 47.8. The van der Waals surface area contributed by atoms with Crippen LogP contribution < -0.4 is 21.3 Å². The highest BCUT2D eigenvalue weighted by Gasteiger charge is 2.32. The van der Waals surface area contributed by atoms with Crippen LogP contribution in [-0.2, 0) is 11.3 Å². The van der Waals surface area contributed by atoms with Crippen molar-refractivity contribution in [1.82, 2.24) is 9.88 Å². The Balaban J connectivity index is 0.00000324. The SMILES string of the molecule is Cl.N[C@H]1CSc2c(C(=O)NCC3CCOCC3)cn(Cc3ccc(OC(F)(F)F)cc3)c(=O)c21. The number of nitrogens with zero attached hydrogens (tertiary/aromatic N) is 1. The summed E-state index contributed by atoms with van der Waals surface area (Å²) in [5.41, 5.74) is 7.20. The molecule has 12 heteroatoms. The highest BCUT2D eigenvalue weighted by atomic mass is 35.5. The number of carbonyl (C=O) groups is 1. The highest BCUT2D eigenvalue weighted by Crippen LogP contribution is 2.37. The summed E-state index contributed by atoms with van der Waals surface area (Å²) in [5.74, 6) is 0.216. The van der Waals surface area contributed by atoms with Gasteiger partial charge >= 0.3 is 6.36 Å². The summed E-state index contributed by atoms with van der Waals surface area (Å²) in [7, 11) is 0. The number of benzene rings is 1. The molecule has 1 saturated heterocycles. The van der Waals surface area contributed by atoms with E-state index in [4.69, 9.17) is 10.5 Å². The van der Waals surface area contributed by atoms with E-state index < -0.39 is 12.4 Å². The third-order valence-corrected chi connectivity index (χ3v) is 6.94. The van der Waals surface area contributed by atoms with E-state index in [2.05, 4.69) is 10.1 Å². The third-order valence-electron chi connectivity index (χ3n) is 5.69. The molecule has 34 heavy (non-hydrogen) atoms. The number of pyridine rings is 1. The van der Waals surface area contributed by atoms with Crippen LogP contribution in [0.15, 0.2) is 40.2 Å². The Morgan fingerprint density at radius 2 is 1.91 bits per heavy atom. The number of fused-ring (bicyclic) bond motifs is 1. The van der Waals surface area contributed by atoms with Crippen molar-refractivity contribution in [2.24, 2.45) is 11.7 Å². The molecule has 0 spiro atoms. The lowest BCUT2D eigenvalue weighted by Gasteiger charge is -2.22. The van der Waals surface area contributed by atoms with Crippen molar-refractivity contribution in [3.05, 3.63) is 57.5 Å². The molecule has 1 fully saturated rings. The molecule has 3 N–H and O–H groups in total. The number of ether oxygens (including phenoxy) is 2. The molecular formula is C22H25ClF3N3O4S. The normalized spacial score (nSPS) is 18.2. The van der Waals surface area contributed by atoms with E-state index in [-0.39, 0.29) is 36.2 Å². The minimum absolute atomic E-state index is 0. The highest BCUT2D eigenvalue weighted by molar-refractivity contribution is 7.99. The maximum atomic E-state index is 13.1. The zero-order chi connectivity index (χ0) is 23.6. The lowest BCUT2D eigenvalue weighted by molar-refractivity contribution is -0.274. The second-order valence-electron chi connectivity index (χ2n) is 8.09. The quantitative estimate of drug-likeness (QED) is 0.607. The average Bonchev–Trinajstić information content (AvgIpc) is 3.17. The average molecular weight is 520 g/mol. The largest absolute Gasteiger partial charge is 0.573 e. The van der Waals surface area contributed by atoms with Crippen LogP contribution in [0.2, 0.25) is 0 Å². The van der Waals surface area contributed by atoms with Gasteiger partial charge < -0.3 is 25.1 Å². The van der Waals surface area contributed by atoms with E-state index in [1.54, 1.807) is 0 Å². The fourth-order valence-corrected chi connectivity index (χ4v) is 5.17. The number of aromatic nitrogens is 1. The minimum Gasteiger partial charge on any atom is -0.406 e. The molecule has 4 rings (SSSR count). The molecule has 186 valence electrons. The fraction of sp³-hybridized carbons (Fsp3) is 0.455. The summed E-state index contributed by atoms with van der Waals surface area (Å²) in [6.45, 7) is 1.96. The Kier molecular flexibility index (Phi) is 8.56. The van der Waals surface area contributed by atoms with Gasteiger partial charge in [0.2, 0.25) is 0 Å². The number of nitrogens with two attached hydrogens (primary N) is 1. The Labute approximate surface area is 204 Å². The Hall–Kier alpha value is -2.21. The molecule has 7 nitrogen and oxygen atoms in total. The molecule has 1 atom stereocenters. The molecule has 2 aliphatic heterocycles. The van der Waals surface area contributed by atoms with Gasteiger partial charge in [0.25, 0.3) is 11.5 Å². The Morgan fingerprint density at radius 1 is 1.24 bits per heavy atom. The zero-order valence-electron chi connectivity index (χ0n) is 18.1. The lowest BCUT2D eigenvalue weighted by atomic mass is 10.0. The molecule has 0 unspecified atom stereocenters. The van der Waals surface area contributed by atoms with E-state index in [1.165, 1.54) is 46.8 Å². The van der Waals surface area contributed by atoms with Crippen LogP contribution in [-0.4, -0.2) is 42.3 Å². The van der Waals surface area contributed by atoms with Crippen LogP contribution in [0, 0.1) is 5.92 Å². The smallest absolute Gasteiger partial charge is 0.406 e. The van der Waals surface area contributed by atoms with Gasteiger partial charge in [-0.2, -0.15) is 0 Å². The van der Waals surface area contributed by atoms with Gasteiger partial charge in [-0.25, -0.2) is 0 Å². The van der Waals surface area contributed by atoms with E-state index in [9.17, 15) is 22.8 Å². The van der Waals surface area contributed by atoms with Crippen molar-refractivity contribution in [3.8, 4) is 5.75 Å². The molecule has 2 aliphatic rings. The van der Waals surface area contributed by atoms with Gasteiger partial charge in [-0.1, -0.05) is 12.1 Å². The first-order chi connectivity index (χ1) is 15.7. The second kappa shape index (κ2) is 11.0. The molecule has 0 bridgehead atoms. The lowest BCUT2D eigenvalue weighted by Crippen LogP contribution is -2.34. The number of thioether (sulfide) groups is 1. The van der Waals surface area contributed by atoms with Gasteiger partial charge in [0.05, 0.1) is 12.1 Å². The maximum absolute atomic E-state index is 13.1. The summed E-state index contributed by atoms with van der Waals surface area (Å²) in [6, 6.07) is 4.77. The molecule has 1 amide bonds. The number of alkyl halides is 3. The monoisotopic (exact) mass is 519 g/mol. The van der Waals surface area contributed by atoms with E-state index >= 15 is 0 Å². The van der Waals surface area contributed by atoms with E-state index in [1.807, 2.05) is 0 Å². The van der Waals surface area contributed by atoms with Crippen molar-refractivity contribution in [3.63, 3.8) is 0 Å². The van der Waals surface area contributed by atoms with E-state index in [0.29, 0.717) is 53.0 Å². The summed E-state index contributed by atoms with van der Waals surface area (Å²) >= 11 is 1.39. The Morgan fingerprint density at radius 3 is 2.56 bits per heavy atom. The first-order valence-corrected chi connectivity index (χ1v) is 11.6. The predicted octanol–water partition coefficient (Wildman–Crippen LogP) is 3.48. The summed E-state index contributed by atoms with van der Waals surface area (Å²) in [5, 5.41) is 2.97. The molecule has 2 aromatic rings. The predicted molar refractivity (Wildman–Crippen MR) is 124 cm³/mol. The van der Waals surface area contributed by atoms with Gasteiger partial charge in [-0.05, 0) is 36.5 Å². The third kappa shape index (κ3) is 6.26. The van der Waals surface area contributed by atoms with Crippen molar-refractivity contribution in [2.45, 2.75) is 36.7 Å². The number of halogens is 4. The maximum Gasteiger partial charge on any atom is 0.573 e. The van der Waals surface area contributed by atoms with Crippen molar-refractivity contribution in [2.75, 3.05) is 25.5 Å². The molecular weight excluding hydrogens is 495 g/mol. The molecule has 3 heterocycles. The zero-order valence-corrected chi connectivity index (χ0v) is 19.7. The van der Waals surface area contributed by atoms with Crippen molar-refractivity contribution >= 4 is 30.1 Å². The number of hydrogen-bond acceptors (Lipinski definition) is 6. The summed E-state index contributed by atoms with van der Waals surface area (Å²) in [6.07, 6.45) is -1.51. The van der Waals surface area contributed by atoms with E-state index in [0.717, 1.165) is 12.8 Å². The van der Waals surface area contributed by atoms with Gasteiger partial charge in [0.1, 0.15) is 5.75 Å². The molecule has 0 saturated carbocycles. The van der Waals surface area contributed by atoms with Crippen LogP contribution in [0.3, 0.4) is 0 Å².